The van der Waals surface area contributed by atoms with Crippen LogP contribution in [0.2, 0.25) is 0 Å². The fraction of sp³-hybridized carbons (Fsp3) is 0.692. The number of fused-ring (bicyclic) bond motifs is 1. The van der Waals surface area contributed by atoms with E-state index in [2.05, 4.69) is 33.1 Å². The van der Waals surface area contributed by atoms with Gasteiger partial charge < -0.3 is 5.32 Å². The third kappa shape index (κ3) is 2.56. The predicted octanol–water partition coefficient (Wildman–Crippen LogP) is 0.786. The van der Waals surface area contributed by atoms with Gasteiger partial charge in [0.15, 0.2) is 0 Å². The molecule has 1 aliphatic heterocycles. The molecule has 1 fully saturated rings. The van der Waals surface area contributed by atoms with E-state index in [-0.39, 0.29) is 11.9 Å². The molecule has 1 atom stereocenters. The van der Waals surface area contributed by atoms with Crippen molar-refractivity contribution in [2.75, 3.05) is 20.1 Å². The molecule has 5 heteroatoms. The van der Waals surface area contributed by atoms with Crippen LogP contribution in [0.5, 0.6) is 0 Å². The summed E-state index contributed by atoms with van der Waals surface area (Å²) >= 11 is 0. The maximum absolute atomic E-state index is 11.7. The normalized spacial score (nSPS) is 23.7. The number of carbonyl (C=O) groups is 1. The van der Waals surface area contributed by atoms with Crippen molar-refractivity contribution in [3.8, 4) is 0 Å². The second-order valence-corrected chi connectivity index (χ2v) is 5.57. The minimum absolute atomic E-state index is 0.194. The summed E-state index contributed by atoms with van der Waals surface area (Å²) < 4.78 is 2.05. The van der Waals surface area contributed by atoms with Crippen LogP contribution in [0.25, 0.3) is 0 Å². The zero-order chi connectivity index (χ0) is 12.5. The van der Waals surface area contributed by atoms with Gasteiger partial charge in [0.25, 0.3) is 0 Å². The highest BCUT2D eigenvalue weighted by Crippen LogP contribution is 2.32. The number of aromatic nitrogens is 2. The van der Waals surface area contributed by atoms with Crippen LogP contribution >= 0.6 is 0 Å². The zero-order valence-corrected chi connectivity index (χ0v) is 10.8. The minimum atomic E-state index is 0.194. The number of nitrogens with zero attached hydrogens (tertiary/aromatic N) is 3. The van der Waals surface area contributed by atoms with Gasteiger partial charge in [-0.1, -0.05) is 0 Å². The van der Waals surface area contributed by atoms with Crippen LogP contribution in [0.1, 0.15) is 31.0 Å². The summed E-state index contributed by atoms with van der Waals surface area (Å²) in [5.41, 5.74) is 1.23. The Labute approximate surface area is 107 Å². The molecule has 5 nitrogen and oxygen atoms in total. The van der Waals surface area contributed by atoms with E-state index in [9.17, 15) is 4.79 Å². The molecule has 1 N–H and O–H groups in total. The van der Waals surface area contributed by atoms with Crippen LogP contribution in [-0.2, 0) is 11.3 Å². The number of hydrogen-bond donors (Lipinski definition) is 1. The van der Waals surface area contributed by atoms with Gasteiger partial charge in [-0.3, -0.25) is 14.4 Å². The summed E-state index contributed by atoms with van der Waals surface area (Å²) in [6.07, 6.45) is 4.99. The average Bonchev–Trinajstić information content (AvgIpc) is 3.01. The van der Waals surface area contributed by atoms with Gasteiger partial charge in [-0.2, -0.15) is 5.10 Å². The molecule has 0 saturated heterocycles. The largest absolute Gasteiger partial charge is 0.354 e. The molecule has 0 spiro atoms. The van der Waals surface area contributed by atoms with Crippen LogP contribution in [0.15, 0.2) is 12.3 Å². The van der Waals surface area contributed by atoms with Crippen molar-refractivity contribution in [1.29, 1.82) is 0 Å². The summed E-state index contributed by atoms with van der Waals surface area (Å²) in [5.74, 6) is 0.846. The lowest BCUT2D eigenvalue weighted by molar-refractivity contribution is -0.121. The predicted molar refractivity (Wildman–Crippen MR) is 67.9 cm³/mol. The number of amides is 1. The van der Waals surface area contributed by atoms with Crippen molar-refractivity contribution < 1.29 is 4.79 Å². The Morgan fingerprint density at radius 2 is 2.39 bits per heavy atom. The minimum Gasteiger partial charge on any atom is -0.354 e. The zero-order valence-electron chi connectivity index (χ0n) is 10.8. The van der Waals surface area contributed by atoms with Crippen LogP contribution < -0.4 is 5.32 Å². The van der Waals surface area contributed by atoms with E-state index in [4.69, 9.17) is 0 Å². The molecule has 0 unspecified atom stereocenters. The Hall–Kier alpha value is -1.36. The van der Waals surface area contributed by atoms with Gasteiger partial charge >= 0.3 is 0 Å². The SMILES string of the molecule is CN1Cc2ccnn2[C@@H](CNC(=O)CC2CC2)C1. The number of rotatable bonds is 4. The summed E-state index contributed by atoms with van der Waals surface area (Å²) in [4.78, 5) is 14.0. The van der Waals surface area contributed by atoms with Gasteiger partial charge in [-0.05, 0) is 31.9 Å². The Morgan fingerprint density at radius 3 is 3.17 bits per heavy atom. The third-order valence-corrected chi connectivity index (χ3v) is 3.76. The maximum atomic E-state index is 11.7. The Morgan fingerprint density at radius 1 is 1.56 bits per heavy atom. The highest BCUT2D eigenvalue weighted by Gasteiger charge is 2.26. The van der Waals surface area contributed by atoms with Crippen molar-refractivity contribution in [3.05, 3.63) is 18.0 Å². The lowest BCUT2D eigenvalue weighted by atomic mass is 10.2. The van der Waals surface area contributed by atoms with Gasteiger partial charge in [0, 0.05) is 32.3 Å². The monoisotopic (exact) mass is 248 g/mol. The molecular weight excluding hydrogens is 228 g/mol. The summed E-state index contributed by atoms with van der Waals surface area (Å²) in [5, 5.41) is 7.41. The van der Waals surface area contributed by atoms with Crippen molar-refractivity contribution in [2.45, 2.75) is 31.8 Å². The van der Waals surface area contributed by atoms with Gasteiger partial charge in [-0.15, -0.1) is 0 Å². The molecule has 1 aromatic heterocycles. The molecule has 1 amide bonds. The molecule has 0 aromatic carbocycles. The lowest BCUT2D eigenvalue weighted by Crippen LogP contribution is -2.41. The fourth-order valence-electron chi connectivity index (χ4n) is 2.61. The third-order valence-electron chi connectivity index (χ3n) is 3.76. The molecular formula is C13H20N4O. The van der Waals surface area contributed by atoms with Gasteiger partial charge in [0.2, 0.25) is 5.91 Å². The van der Waals surface area contributed by atoms with E-state index in [1.807, 2.05) is 6.20 Å². The van der Waals surface area contributed by atoms with Crippen molar-refractivity contribution >= 4 is 5.91 Å². The van der Waals surface area contributed by atoms with Gasteiger partial charge in [-0.25, -0.2) is 0 Å². The number of carbonyl (C=O) groups excluding carboxylic acids is 1. The van der Waals surface area contributed by atoms with Crippen LogP contribution in [0, 0.1) is 5.92 Å². The molecule has 3 rings (SSSR count). The first-order chi connectivity index (χ1) is 8.72. The van der Waals surface area contributed by atoms with E-state index >= 15 is 0 Å². The van der Waals surface area contributed by atoms with Crippen molar-refractivity contribution in [2.24, 2.45) is 5.92 Å². The molecule has 1 aliphatic carbocycles. The molecule has 1 aromatic rings. The van der Waals surface area contributed by atoms with E-state index < -0.39 is 0 Å². The summed E-state index contributed by atoms with van der Waals surface area (Å²) in [6, 6.07) is 2.31. The number of nitrogens with one attached hydrogen (secondary N) is 1. The lowest BCUT2D eigenvalue weighted by Gasteiger charge is -2.31. The average molecular weight is 248 g/mol. The Balaban J connectivity index is 1.57. The quantitative estimate of drug-likeness (QED) is 0.857. The van der Waals surface area contributed by atoms with E-state index in [1.54, 1.807) is 0 Å². The molecule has 0 bridgehead atoms. The van der Waals surface area contributed by atoms with E-state index in [0.29, 0.717) is 18.9 Å². The second kappa shape index (κ2) is 4.72. The number of likely N-dealkylation sites (N-methyl/N-ethyl adjacent to an activating group) is 1. The molecule has 0 radical (unpaired) electrons. The summed E-state index contributed by atoms with van der Waals surface area (Å²) in [7, 11) is 2.11. The summed E-state index contributed by atoms with van der Waals surface area (Å²) in [6.45, 7) is 2.56. The Bertz CT molecular complexity index is 438. The van der Waals surface area contributed by atoms with Crippen molar-refractivity contribution in [1.82, 2.24) is 20.0 Å². The maximum Gasteiger partial charge on any atom is 0.220 e. The van der Waals surface area contributed by atoms with Crippen LogP contribution in [0.3, 0.4) is 0 Å². The highest BCUT2D eigenvalue weighted by molar-refractivity contribution is 5.76. The molecule has 1 saturated carbocycles. The first-order valence-corrected chi connectivity index (χ1v) is 6.70. The van der Waals surface area contributed by atoms with E-state index in [0.717, 1.165) is 13.1 Å². The smallest absolute Gasteiger partial charge is 0.220 e. The Kier molecular flexibility index (Phi) is 3.07. The first-order valence-electron chi connectivity index (χ1n) is 6.70. The number of hydrogen-bond acceptors (Lipinski definition) is 3. The molecule has 98 valence electrons. The first kappa shape index (κ1) is 11.7. The highest BCUT2D eigenvalue weighted by atomic mass is 16.1. The van der Waals surface area contributed by atoms with Gasteiger partial charge in [0.1, 0.15) is 0 Å². The van der Waals surface area contributed by atoms with Crippen molar-refractivity contribution in [3.63, 3.8) is 0 Å². The molecule has 2 heterocycles. The van der Waals surface area contributed by atoms with Gasteiger partial charge in [0.05, 0.1) is 11.7 Å². The van der Waals surface area contributed by atoms with Crippen LogP contribution in [0.4, 0.5) is 0 Å². The molecule has 18 heavy (non-hydrogen) atoms. The molecule has 2 aliphatic rings. The fourth-order valence-corrected chi connectivity index (χ4v) is 2.61. The van der Waals surface area contributed by atoms with Crippen LogP contribution in [-0.4, -0.2) is 40.7 Å². The second-order valence-electron chi connectivity index (χ2n) is 5.57. The standard InChI is InChI=1S/C13H20N4O/c1-16-8-11-4-5-15-17(11)12(9-16)7-14-13(18)6-10-2-3-10/h4-5,10,12H,2-3,6-9H2,1H3,(H,14,18)/t12-/m0/s1. The topological polar surface area (TPSA) is 50.2 Å². The van der Waals surface area contributed by atoms with E-state index in [1.165, 1.54) is 18.5 Å².